The second kappa shape index (κ2) is 8.45. The van der Waals surface area contributed by atoms with Gasteiger partial charge in [0.25, 0.3) is 5.19 Å². The van der Waals surface area contributed by atoms with Crippen LogP contribution in [-0.4, -0.2) is 42.7 Å². The molecule has 0 saturated carbocycles. The largest absolute Gasteiger partial charge is 0.494 e. The van der Waals surface area contributed by atoms with E-state index in [1.807, 2.05) is 0 Å². The van der Waals surface area contributed by atoms with Gasteiger partial charge in [0.05, 0.1) is 34.0 Å². The number of aryl methyl sites for hydroxylation is 1. The summed E-state index contributed by atoms with van der Waals surface area (Å²) < 4.78 is 35.0. The van der Waals surface area contributed by atoms with Crippen molar-refractivity contribution < 1.29 is 22.7 Å². The predicted octanol–water partition coefficient (Wildman–Crippen LogP) is 4.35. The van der Waals surface area contributed by atoms with Crippen LogP contribution in [0.15, 0.2) is 47.6 Å². The van der Waals surface area contributed by atoms with Crippen LogP contribution in [-0.2, 0) is 9.84 Å². The van der Waals surface area contributed by atoms with Crippen LogP contribution in [0.4, 0.5) is 0 Å². The lowest BCUT2D eigenvalue weighted by molar-refractivity contribution is 0.0735. The zero-order valence-corrected chi connectivity index (χ0v) is 19.5. The Morgan fingerprint density at radius 1 is 1.09 bits per heavy atom. The van der Waals surface area contributed by atoms with E-state index in [1.165, 1.54) is 31.6 Å². The molecule has 0 aliphatic heterocycles. The smallest absolute Gasteiger partial charge is 0.347 e. The number of rotatable bonds is 5. The van der Waals surface area contributed by atoms with Crippen LogP contribution in [0.5, 0.6) is 10.9 Å². The normalized spacial score (nSPS) is 11.5. The number of benzene rings is 1. The quantitative estimate of drug-likeness (QED) is 0.301. The lowest BCUT2D eigenvalue weighted by Gasteiger charge is -2.12. The molecule has 164 valence electrons. The third kappa shape index (κ3) is 4.43. The predicted molar refractivity (Wildman–Crippen MR) is 121 cm³/mol. The molecular formula is C21H16ClN3O5S2. The molecule has 0 unspecified atom stereocenters. The van der Waals surface area contributed by atoms with Crippen LogP contribution >= 0.6 is 22.9 Å². The molecule has 0 atom stereocenters. The van der Waals surface area contributed by atoms with Crippen molar-refractivity contribution in [1.29, 1.82) is 0 Å². The van der Waals surface area contributed by atoms with Gasteiger partial charge in [0.15, 0.2) is 9.84 Å². The third-order valence-electron chi connectivity index (χ3n) is 4.55. The zero-order chi connectivity index (χ0) is 23.0. The van der Waals surface area contributed by atoms with E-state index in [0.717, 1.165) is 17.6 Å². The van der Waals surface area contributed by atoms with Gasteiger partial charge in [-0.2, -0.15) is 0 Å². The fourth-order valence-electron chi connectivity index (χ4n) is 3.03. The summed E-state index contributed by atoms with van der Waals surface area (Å²) in [5.74, 6) is -0.243. The Labute approximate surface area is 192 Å². The van der Waals surface area contributed by atoms with Crippen molar-refractivity contribution in [3.05, 3.63) is 59.1 Å². The van der Waals surface area contributed by atoms with Crippen LogP contribution in [0.1, 0.15) is 16.1 Å². The van der Waals surface area contributed by atoms with Crippen LogP contribution in [0, 0.1) is 6.92 Å². The summed E-state index contributed by atoms with van der Waals surface area (Å²) in [7, 11) is -1.87. The first-order valence-corrected chi connectivity index (χ1v) is 12.2. The van der Waals surface area contributed by atoms with E-state index in [9.17, 15) is 13.2 Å². The highest BCUT2D eigenvalue weighted by atomic mass is 35.5. The zero-order valence-electron chi connectivity index (χ0n) is 17.1. The molecule has 0 aliphatic carbocycles. The maximum absolute atomic E-state index is 13.0. The lowest BCUT2D eigenvalue weighted by atomic mass is 10.0. The van der Waals surface area contributed by atoms with Crippen LogP contribution in [0.2, 0.25) is 5.15 Å². The molecule has 0 N–H and O–H groups in total. The number of hydrogen-bond acceptors (Lipinski definition) is 9. The highest BCUT2D eigenvalue weighted by molar-refractivity contribution is 7.90. The van der Waals surface area contributed by atoms with Gasteiger partial charge in [-0.15, -0.1) is 0 Å². The standard InChI is InChI=1S/C21H16ClN3O5S2/c1-11-6-13(14-8-19(22)24-10-17(14)29-2)15(9-23-11)20(26)30-21-25-16-5-4-12(32(3,27)28)7-18(16)31-21/h4-10H,1-3H3. The molecule has 4 aromatic rings. The molecule has 0 radical (unpaired) electrons. The Bertz CT molecular complexity index is 1470. The van der Waals surface area contributed by atoms with E-state index in [0.29, 0.717) is 32.8 Å². The van der Waals surface area contributed by atoms with E-state index in [4.69, 9.17) is 21.1 Å². The van der Waals surface area contributed by atoms with E-state index in [2.05, 4.69) is 15.0 Å². The van der Waals surface area contributed by atoms with Gasteiger partial charge in [-0.05, 0) is 37.3 Å². The monoisotopic (exact) mass is 489 g/mol. The van der Waals surface area contributed by atoms with E-state index >= 15 is 0 Å². The molecule has 3 heterocycles. The van der Waals surface area contributed by atoms with Crippen molar-refractivity contribution in [2.45, 2.75) is 11.8 Å². The van der Waals surface area contributed by atoms with Crippen molar-refractivity contribution >= 4 is 49.0 Å². The highest BCUT2D eigenvalue weighted by Crippen LogP contribution is 2.35. The topological polar surface area (TPSA) is 108 Å². The first kappa shape index (κ1) is 22.1. The first-order chi connectivity index (χ1) is 15.2. The maximum atomic E-state index is 13.0. The Morgan fingerprint density at radius 3 is 2.59 bits per heavy atom. The molecule has 0 spiro atoms. The Balaban J connectivity index is 1.73. The van der Waals surface area contributed by atoms with Crippen molar-refractivity contribution in [2.75, 3.05) is 13.4 Å². The number of carbonyl (C=O) groups excluding carboxylic acids is 1. The number of esters is 1. The van der Waals surface area contributed by atoms with Crippen molar-refractivity contribution in [1.82, 2.24) is 15.0 Å². The molecule has 0 amide bonds. The minimum absolute atomic E-state index is 0.0851. The van der Waals surface area contributed by atoms with Gasteiger partial charge in [0.1, 0.15) is 10.9 Å². The molecule has 0 fully saturated rings. The second-order valence-corrected chi connectivity index (χ2v) is 10.2. The lowest BCUT2D eigenvalue weighted by Crippen LogP contribution is -2.11. The van der Waals surface area contributed by atoms with Crippen molar-refractivity contribution in [2.24, 2.45) is 0 Å². The van der Waals surface area contributed by atoms with Crippen LogP contribution < -0.4 is 9.47 Å². The van der Waals surface area contributed by atoms with Gasteiger partial charge in [-0.3, -0.25) is 4.98 Å². The van der Waals surface area contributed by atoms with E-state index in [-0.39, 0.29) is 20.8 Å². The minimum atomic E-state index is -3.37. The van der Waals surface area contributed by atoms with Gasteiger partial charge in [0, 0.05) is 29.3 Å². The molecule has 1 aromatic carbocycles. The van der Waals surface area contributed by atoms with Crippen molar-refractivity contribution in [3.8, 4) is 22.1 Å². The molecule has 0 saturated heterocycles. The maximum Gasteiger partial charge on any atom is 0.347 e. The number of sulfone groups is 1. The van der Waals surface area contributed by atoms with Gasteiger partial charge < -0.3 is 9.47 Å². The number of aromatic nitrogens is 3. The number of nitrogens with zero attached hydrogens (tertiary/aromatic N) is 3. The number of pyridine rings is 2. The Kier molecular flexibility index (Phi) is 5.85. The number of fused-ring (bicyclic) bond motifs is 1. The molecule has 32 heavy (non-hydrogen) atoms. The van der Waals surface area contributed by atoms with Gasteiger partial charge in [-0.1, -0.05) is 22.9 Å². The summed E-state index contributed by atoms with van der Waals surface area (Å²) in [5, 5.41) is 0.323. The molecule has 0 bridgehead atoms. The number of methoxy groups -OCH3 is 1. The number of ether oxygens (including phenoxy) is 2. The molecule has 4 rings (SSSR count). The molecule has 3 aromatic heterocycles. The Hall–Kier alpha value is -3.08. The minimum Gasteiger partial charge on any atom is -0.494 e. The van der Waals surface area contributed by atoms with Crippen LogP contribution in [0.3, 0.4) is 0 Å². The summed E-state index contributed by atoms with van der Waals surface area (Å²) >= 11 is 7.14. The number of thiazole rings is 1. The second-order valence-electron chi connectivity index (χ2n) is 6.85. The van der Waals surface area contributed by atoms with Gasteiger partial charge >= 0.3 is 5.97 Å². The molecule has 0 aliphatic rings. The number of hydrogen-bond donors (Lipinski definition) is 0. The number of carbonyl (C=O) groups is 1. The number of halogens is 1. The Morgan fingerprint density at radius 2 is 1.88 bits per heavy atom. The van der Waals surface area contributed by atoms with Gasteiger partial charge in [0.2, 0.25) is 0 Å². The average Bonchev–Trinajstić information content (AvgIpc) is 3.14. The highest BCUT2D eigenvalue weighted by Gasteiger charge is 2.21. The first-order valence-electron chi connectivity index (χ1n) is 9.15. The summed E-state index contributed by atoms with van der Waals surface area (Å²) in [4.78, 5) is 25.7. The van der Waals surface area contributed by atoms with Crippen LogP contribution in [0.25, 0.3) is 21.3 Å². The molecular weight excluding hydrogens is 474 g/mol. The fraction of sp³-hybridized carbons (Fsp3) is 0.143. The van der Waals surface area contributed by atoms with Crippen molar-refractivity contribution in [3.63, 3.8) is 0 Å². The average molecular weight is 490 g/mol. The summed E-state index contributed by atoms with van der Waals surface area (Å²) in [6.07, 6.45) is 4.01. The van der Waals surface area contributed by atoms with E-state index in [1.54, 1.807) is 25.1 Å². The summed E-state index contributed by atoms with van der Waals surface area (Å²) in [6.45, 7) is 1.79. The molecule has 11 heteroatoms. The van der Waals surface area contributed by atoms with E-state index < -0.39 is 15.8 Å². The summed E-state index contributed by atoms with van der Waals surface area (Å²) in [6, 6.07) is 7.85. The fourth-order valence-corrected chi connectivity index (χ4v) is 4.76. The summed E-state index contributed by atoms with van der Waals surface area (Å²) in [5.41, 5.74) is 2.47. The van der Waals surface area contributed by atoms with Gasteiger partial charge in [-0.25, -0.2) is 23.2 Å². The third-order valence-corrected chi connectivity index (χ3v) is 6.77. The SMILES string of the molecule is COc1cnc(Cl)cc1-c1cc(C)ncc1C(=O)Oc1nc2ccc(S(C)(=O)=O)cc2s1. The molecule has 8 nitrogen and oxygen atoms in total.